The first-order chi connectivity index (χ1) is 18.7. The van der Waals surface area contributed by atoms with Crippen LogP contribution in [0.5, 0.6) is 17.2 Å². The summed E-state index contributed by atoms with van der Waals surface area (Å²) in [6.07, 6.45) is 2.96. The fourth-order valence-electron chi connectivity index (χ4n) is 3.04. The highest BCUT2D eigenvalue weighted by molar-refractivity contribution is 7.85. The highest BCUT2D eigenvalue weighted by atomic mass is 35.5. The number of anilines is 1. The SMILES string of the molecule is COc1ccccc1Oc1c(N)nc(-c2ccnc(-c3nn[nH]n3)c2)nc1Cl.Cc1ccc(S(=O)(=O)O)nc1. The van der Waals surface area contributed by atoms with Crippen molar-refractivity contribution < 1.29 is 22.4 Å². The Morgan fingerprint density at radius 3 is 2.41 bits per heavy atom. The molecule has 39 heavy (non-hydrogen) atoms. The maximum atomic E-state index is 10.4. The largest absolute Gasteiger partial charge is 0.493 e. The number of aromatic amines is 1. The molecule has 0 fully saturated rings. The molecule has 14 nitrogen and oxygen atoms in total. The molecule has 0 saturated heterocycles. The number of hydrogen-bond acceptors (Lipinski definition) is 12. The van der Waals surface area contributed by atoms with E-state index in [0.717, 1.165) is 5.56 Å². The molecule has 16 heteroatoms. The smallest absolute Gasteiger partial charge is 0.312 e. The summed E-state index contributed by atoms with van der Waals surface area (Å²) in [5, 5.41) is 13.4. The molecule has 0 unspecified atom stereocenters. The first-order valence-corrected chi connectivity index (χ1v) is 12.7. The van der Waals surface area contributed by atoms with Crippen LogP contribution in [0.3, 0.4) is 0 Å². The van der Waals surface area contributed by atoms with E-state index in [9.17, 15) is 8.42 Å². The number of hydrogen-bond donors (Lipinski definition) is 3. The lowest BCUT2D eigenvalue weighted by Gasteiger charge is -2.13. The minimum atomic E-state index is -4.13. The summed E-state index contributed by atoms with van der Waals surface area (Å²) in [6.45, 7) is 1.78. The van der Waals surface area contributed by atoms with Gasteiger partial charge in [-0.15, -0.1) is 10.2 Å². The van der Waals surface area contributed by atoms with Gasteiger partial charge in [-0.25, -0.2) is 15.0 Å². The fraction of sp³-hybridized carbons (Fsp3) is 0.0870. The summed E-state index contributed by atoms with van der Waals surface area (Å²) < 4.78 is 40.4. The Kier molecular flexibility index (Phi) is 8.24. The number of H-pyrrole nitrogens is 1. The molecule has 0 bridgehead atoms. The van der Waals surface area contributed by atoms with Gasteiger partial charge < -0.3 is 15.2 Å². The Bertz CT molecular complexity index is 1660. The van der Waals surface area contributed by atoms with Crippen molar-refractivity contribution >= 4 is 27.5 Å². The number of para-hydroxylation sites is 2. The number of nitrogen functional groups attached to an aromatic ring is 1. The zero-order valence-corrected chi connectivity index (χ0v) is 21.9. The average molecular weight is 570 g/mol. The number of ether oxygens (including phenoxy) is 2. The van der Waals surface area contributed by atoms with Gasteiger partial charge >= 0.3 is 10.1 Å². The van der Waals surface area contributed by atoms with E-state index in [2.05, 4.69) is 40.6 Å². The number of rotatable bonds is 6. The molecule has 1 aromatic carbocycles. The summed E-state index contributed by atoms with van der Waals surface area (Å²) in [4.78, 5) is 16.3. The van der Waals surface area contributed by atoms with E-state index in [-0.39, 0.29) is 21.7 Å². The third kappa shape index (κ3) is 6.78. The number of nitrogens with one attached hydrogen (secondary N) is 1. The number of aromatic nitrogens is 8. The Labute approximate surface area is 227 Å². The summed E-state index contributed by atoms with van der Waals surface area (Å²) in [7, 11) is -2.59. The summed E-state index contributed by atoms with van der Waals surface area (Å²) in [5.41, 5.74) is 8.05. The summed E-state index contributed by atoms with van der Waals surface area (Å²) in [5.74, 6) is 1.85. The molecule has 0 spiro atoms. The van der Waals surface area contributed by atoms with Crippen molar-refractivity contribution in [3.05, 3.63) is 71.6 Å². The summed E-state index contributed by atoms with van der Waals surface area (Å²) >= 11 is 6.32. The fourth-order valence-corrected chi connectivity index (χ4v) is 3.69. The zero-order valence-electron chi connectivity index (χ0n) is 20.3. The van der Waals surface area contributed by atoms with Crippen LogP contribution in [-0.2, 0) is 10.1 Å². The highest BCUT2D eigenvalue weighted by Gasteiger charge is 2.17. The Morgan fingerprint density at radius 2 is 1.79 bits per heavy atom. The Hall–Kier alpha value is -4.73. The van der Waals surface area contributed by atoms with Crippen molar-refractivity contribution in [1.82, 2.24) is 40.6 Å². The number of pyridine rings is 2. The summed E-state index contributed by atoms with van der Waals surface area (Å²) in [6, 6.07) is 13.3. The van der Waals surface area contributed by atoms with Crippen LogP contribution < -0.4 is 15.2 Å². The number of halogens is 1. The minimum absolute atomic E-state index is 0.0614. The van der Waals surface area contributed by atoms with Crippen molar-refractivity contribution in [2.24, 2.45) is 0 Å². The van der Waals surface area contributed by atoms with Gasteiger partial charge in [0.1, 0.15) is 5.69 Å². The molecule has 0 amide bonds. The molecule has 0 atom stereocenters. The van der Waals surface area contributed by atoms with Crippen LogP contribution in [-0.4, -0.2) is 60.6 Å². The molecule has 4 N–H and O–H groups in total. The molecular weight excluding hydrogens is 550 g/mol. The molecule has 5 aromatic rings. The number of nitrogens with zero attached hydrogens (tertiary/aromatic N) is 7. The van der Waals surface area contributed by atoms with Gasteiger partial charge in [0.15, 0.2) is 33.3 Å². The molecule has 0 aliphatic carbocycles. The standard InChI is InChI=1S/C17H13ClN8O2.C6H7NO3S/c1-27-11-4-2-3-5-12(11)28-13-14(18)21-16(22-15(13)19)9-6-7-20-10(8-9)17-23-25-26-24-17;1-5-2-3-6(7-4-5)11(8,9)10/h2-8H,1H3,(H2,19,21,22)(H,23,24,25,26);2-4H,1H3,(H,8,9,10). The van der Waals surface area contributed by atoms with Gasteiger partial charge in [-0.3, -0.25) is 9.54 Å². The molecular formula is C23H20ClN9O5S. The third-order valence-corrected chi connectivity index (χ3v) is 5.90. The first-order valence-electron chi connectivity index (χ1n) is 10.9. The zero-order chi connectivity index (χ0) is 28.0. The van der Waals surface area contributed by atoms with Gasteiger partial charge in [-0.2, -0.15) is 13.6 Å². The Morgan fingerprint density at radius 1 is 1.03 bits per heavy atom. The molecule has 0 radical (unpaired) electrons. The first kappa shape index (κ1) is 27.3. The van der Waals surface area contributed by atoms with Crippen LogP contribution >= 0.6 is 11.6 Å². The highest BCUT2D eigenvalue weighted by Crippen LogP contribution is 2.38. The van der Waals surface area contributed by atoms with E-state index < -0.39 is 10.1 Å². The maximum absolute atomic E-state index is 10.4. The van der Waals surface area contributed by atoms with E-state index >= 15 is 0 Å². The van der Waals surface area contributed by atoms with Crippen LogP contribution in [0.15, 0.2) is 66.0 Å². The van der Waals surface area contributed by atoms with E-state index in [1.807, 2.05) is 6.07 Å². The molecule has 200 valence electrons. The van der Waals surface area contributed by atoms with Crippen LogP contribution in [0.4, 0.5) is 5.82 Å². The van der Waals surface area contributed by atoms with Gasteiger partial charge in [0, 0.05) is 18.0 Å². The van der Waals surface area contributed by atoms with E-state index in [4.69, 9.17) is 31.4 Å². The van der Waals surface area contributed by atoms with E-state index in [1.165, 1.54) is 19.4 Å². The third-order valence-electron chi connectivity index (χ3n) is 4.87. The van der Waals surface area contributed by atoms with Gasteiger partial charge in [-0.1, -0.05) is 29.8 Å². The monoisotopic (exact) mass is 569 g/mol. The molecule has 0 aliphatic heterocycles. The normalized spacial score (nSPS) is 10.9. The van der Waals surface area contributed by atoms with E-state index in [1.54, 1.807) is 49.5 Å². The van der Waals surface area contributed by atoms with Crippen molar-refractivity contribution in [3.8, 4) is 40.2 Å². The lowest BCUT2D eigenvalue weighted by molar-refractivity contribution is 0.378. The van der Waals surface area contributed by atoms with Crippen LogP contribution in [0.2, 0.25) is 5.15 Å². The predicted octanol–water partition coefficient (Wildman–Crippen LogP) is 3.39. The average Bonchev–Trinajstić information content (AvgIpc) is 3.46. The second-order valence-corrected chi connectivity index (χ2v) is 9.35. The number of tetrazole rings is 1. The van der Waals surface area contributed by atoms with Crippen molar-refractivity contribution in [2.75, 3.05) is 12.8 Å². The molecule has 4 heterocycles. The second-order valence-electron chi connectivity index (χ2n) is 7.62. The lowest BCUT2D eigenvalue weighted by Crippen LogP contribution is -2.02. The van der Waals surface area contributed by atoms with Gasteiger partial charge in [0.2, 0.25) is 11.6 Å². The number of methoxy groups -OCH3 is 1. The number of benzene rings is 1. The molecule has 0 aliphatic rings. The molecule has 5 rings (SSSR count). The second kappa shape index (κ2) is 11.8. The predicted molar refractivity (Wildman–Crippen MR) is 140 cm³/mol. The lowest BCUT2D eigenvalue weighted by atomic mass is 10.2. The Balaban J connectivity index is 0.000000270. The van der Waals surface area contributed by atoms with Gasteiger partial charge in [0.25, 0.3) is 0 Å². The van der Waals surface area contributed by atoms with Crippen LogP contribution in [0, 0.1) is 6.92 Å². The van der Waals surface area contributed by atoms with Crippen molar-refractivity contribution in [1.29, 1.82) is 0 Å². The van der Waals surface area contributed by atoms with Crippen molar-refractivity contribution in [2.45, 2.75) is 11.9 Å². The van der Waals surface area contributed by atoms with Gasteiger partial charge in [0.05, 0.1) is 7.11 Å². The molecule has 0 saturated carbocycles. The number of nitrogens with two attached hydrogens (primary N) is 1. The van der Waals surface area contributed by atoms with Gasteiger partial charge in [-0.05, 0) is 48.0 Å². The number of aryl methyl sites for hydroxylation is 1. The topological polar surface area (TPSA) is 205 Å². The maximum Gasteiger partial charge on any atom is 0.312 e. The molecule has 4 aromatic heterocycles. The van der Waals surface area contributed by atoms with Crippen LogP contribution in [0.1, 0.15) is 5.56 Å². The van der Waals surface area contributed by atoms with E-state index in [0.29, 0.717) is 34.4 Å². The quantitative estimate of drug-likeness (QED) is 0.198. The van der Waals surface area contributed by atoms with Crippen molar-refractivity contribution in [3.63, 3.8) is 0 Å². The van der Waals surface area contributed by atoms with Crippen LogP contribution in [0.25, 0.3) is 22.9 Å². The minimum Gasteiger partial charge on any atom is -0.493 e.